The molecule has 0 saturated carbocycles. The Morgan fingerprint density at radius 3 is 2.32 bits per heavy atom. The second-order valence-electron chi connectivity index (χ2n) is 7.74. The van der Waals surface area contributed by atoms with E-state index in [9.17, 15) is 25.0 Å². The van der Waals surface area contributed by atoms with Gasteiger partial charge in [-0.05, 0) is 55.3 Å². The first kappa shape index (κ1) is 22.4. The van der Waals surface area contributed by atoms with E-state index in [4.69, 9.17) is 4.42 Å². The van der Waals surface area contributed by atoms with E-state index in [1.165, 1.54) is 18.2 Å². The minimum absolute atomic E-state index is 0.0347. The maximum Gasteiger partial charge on any atom is 0.272 e. The highest BCUT2D eigenvalue weighted by Gasteiger charge is 2.38. The van der Waals surface area contributed by atoms with Gasteiger partial charge in [-0.25, -0.2) is 0 Å². The lowest BCUT2D eigenvalue weighted by Gasteiger charge is -2.32. The predicted octanol–water partition coefficient (Wildman–Crippen LogP) is 5.21. The number of hydrogen-bond donors (Lipinski definition) is 0. The van der Waals surface area contributed by atoms with Crippen molar-refractivity contribution in [1.82, 2.24) is 4.90 Å². The van der Waals surface area contributed by atoms with Crippen molar-refractivity contribution < 1.29 is 18.9 Å². The van der Waals surface area contributed by atoms with Gasteiger partial charge >= 0.3 is 0 Å². The summed E-state index contributed by atoms with van der Waals surface area (Å²) in [5, 5.41) is 20.5. The first-order chi connectivity index (χ1) is 16.3. The highest BCUT2D eigenvalue weighted by molar-refractivity contribution is 6.19. The van der Waals surface area contributed by atoms with Gasteiger partial charge in [0.25, 0.3) is 17.5 Å². The number of hydrogen-bond acceptors (Lipinski definition) is 6. The topological polar surface area (TPSA) is 117 Å². The molecule has 0 aliphatic carbocycles. The lowest BCUT2D eigenvalue weighted by Crippen LogP contribution is -2.44. The van der Waals surface area contributed by atoms with Crippen LogP contribution in [0.25, 0.3) is 17.4 Å². The number of rotatable bonds is 5. The number of carbonyl (C=O) groups is 2. The lowest BCUT2D eigenvalue weighted by atomic mass is 9.92. The molecule has 168 valence electrons. The summed E-state index contributed by atoms with van der Waals surface area (Å²) < 4.78 is 5.84. The van der Waals surface area contributed by atoms with Gasteiger partial charge in [0.15, 0.2) is 0 Å². The summed E-state index contributed by atoms with van der Waals surface area (Å²) in [4.78, 5) is 37.8. The van der Waals surface area contributed by atoms with E-state index in [0.717, 1.165) is 10.5 Å². The lowest BCUT2D eigenvalue weighted by molar-refractivity contribution is -0.384. The number of non-ortho nitro benzene ring substituents is 1. The SMILES string of the molecule is CC1=C(C#N)C(=O)N(C(C)c2ccccc2)C(=O)/C1=C/c1ccc(-c2ccc([N+](=O)[O-])cc2)o1. The quantitative estimate of drug-likeness (QED) is 0.227. The van der Waals surface area contributed by atoms with Crippen molar-refractivity contribution in [2.45, 2.75) is 19.9 Å². The number of nitro groups is 1. The third-order valence-corrected chi connectivity index (χ3v) is 5.72. The molecule has 3 aromatic rings. The molecule has 1 aliphatic heterocycles. The minimum Gasteiger partial charge on any atom is -0.457 e. The maximum absolute atomic E-state index is 13.4. The Labute approximate surface area is 195 Å². The Morgan fingerprint density at radius 2 is 1.71 bits per heavy atom. The summed E-state index contributed by atoms with van der Waals surface area (Å²) in [7, 11) is 0. The van der Waals surface area contributed by atoms with Gasteiger partial charge in [0.05, 0.1) is 11.0 Å². The number of nitrogens with zero attached hydrogens (tertiary/aromatic N) is 3. The van der Waals surface area contributed by atoms with E-state index in [1.54, 1.807) is 38.1 Å². The normalized spacial score (nSPS) is 16.0. The van der Waals surface area contributed by atoms with Gasteiger partial charge in [-0.3, -0.25) is 24.6 Å². The molecule has 8 nitrogen and oxygen atoms in total. The van der Waals surface area contributed by atoms with E-state index >= 15 is 0 Å². The summed E-state index contributed by atoms with van der Waals surface area (Å²) in [5.74, 6) is -0.358. The fourth-order valence-electron chi connectivity index (χ4n) is 3.81. The van der Waals surface area contributed by atoms with E-state index in [0.29, 0.717) is 17.1 Å². The van der Waals surface area contributed by atoms with Crippen LogP contribution in [0.2, 0.25) is 0 Å². The Kier molecular flexibility index (Phi) is 5.94. The molecule has 2 aromatic carbocycles. The number of benzene rings is 2. The van der Waals surface area contributed by atoms with Crippen LogP contribution in [0.1, 0.15) is 31.2 Å². The molecular formula is C26H19N3O5. The maximum atomic E-state index is 13.4. The number of amides is 2. The van der Waals surface area contributed by atoms with E-state index in [2.05, 4.69) is 0 Å². The number of nitro benzene ring substituents is 1. The molecule has 2 heterocycles. The molecule has 0 fully saturated rings. The van der Waals surface area contributed by atoms with E-state index < -0.39 is 22.8 Å². The van der Waals surface area contributed by atoms with Gasteiger partial charge in [-0.2, -0.15) is 5.26 Å². The van der Waals surface area contributed by atoms with Crippen LogP contribution in [0.5, 0.6) is 0 Å². The third kappa shape index (κ3) is 4.02. The minimum atomic E-state index is -0.635. The molecule has 0 saturated heterocycles. The van der Waals surface area contributed by atoms with Crippen LogP contribution in [-0.2, 0) is 9.59 Å². The molecule has 1 aromatic heterocycles. The van der Waals surface area contributed by atoms with Crippen molar-refractivity contribution in [3.63, 3.8) is 0 Å². The van der Waals surface area contributed by atoms with Crippen LogP contribution >= 0.6 is 0 Å². The van der Waals surface area contributed by atoms with Crippen LogP contribution < -0.4 is 0 Å². The van der Waals surface area contributed by atoms with Crippen LogP contribution in [-0.4, -0.2) is 21.6 Å². The zero-order valence-electron chi connectivity index (χ0n) is 18.4. The van der Waals surface area contributed by atoms with Crippen molar-refractivity contribution in [2.24, 2.45) is 0 Å². The molecule has 1 atom stereocenters. The Bertz CT molecular complexity index is 1390. The van der Waals surface area contributed by atoms with Crippen LogP contribution in [0.3, 0.4) is 0 Å². The standard InChI is InChI=1S/C26H19N3O5/c1-16-22(14-21-12-13-24(34-21)19-8-10-20(11-9-19)29(32)33)25(30)28(26(31)23(16)15-27)17(2)18-6-4-3-5-7-18/h3-14,17H,1-2H3/b22-14+. The third-order valence-electron chi connectivity index (χ3n) is 5.72. The highest BCUT2D eigenvalue weighted by atomic mass is 16.6. The number of nitriles is 1. The van der Waals surface area contributed by atoms with Gasteiger partial charge in [0.1, 0.15) is 23.2 Å². The van der Waals surface area contributed by atoms with Crippen molar-refractivity contribution in [3.8, 4) is 17.4 Å². The molecular weight excluding hydrogens is 434 g/mol. The van der Waals surface area contributed by atoms with Gasteiger partial charge in [0, 0.05) is 23.3 Å². The highest BCUT2D eigenvalue weighted by Crippen LogP contribution is 2.33. The Morgan fingerprint density at radius 1 is 1.03 bits per heavy atom. The number of carbonyl (C=O) groups excluding carboxylic acids is 2. The summed E-state index contributed by atoms with van der Waals surface area (Å²) in [5.41, 5.74) is 1.72. The fraction of sp³-hybridized carbons (Fsp3) is 0.115. The molecule has 0 spiro atoms. The first-order valence-corrected chi connectivity index (χ1v) is 10.4. The molecule has 0 bridgehead atoms. The van der Waals surface area contributed by atoms with Gasteiger partial charge in [0.2, 0.25) is 0 Å². The molecule has 1 unspecified atom stereocenters. The fourth-order valence-corrected chi connectivity index (χ4v) is 3.81. The Balaban J connectivity index is 1.71. The van der Waals surface area contributed by atoms with Crippen LogP contribution in [0.15, 0.2) is 87.9 Å². The zero-order chi connectivity index (χ0) is 24.4. The van der Waals surface area contributed by atoms with Crippen LogP contribution in [0, 0.1) is 21.4 Å². The van der Waals surface area contributed by atoms with Crippen LogP contribution in [0.4, 0.5) is 5.69 Å². The second-order valence-corrected chi connectivity index (χ2v) is 7.74. The summed E-state index contributed by atoms with van der Waals surface area (Å²) in [6, 6.07) is 19.7. The summed E-state index contributed by atoms with van der Waals surface area (Å²) >= 11 is 0. The van der Waals surface area contributed by atoms with Crippen molar-refractivity contribution in [2.75, 3.05) is 0 Å². The van der Waals surface area contributed by atoms with Crippen molar-refractivity contribution in [1.29, 1.82) is 5.26 Å². The largest absolute Gasteiger partial charge is 0.457 e. The summed E-state index contributed by atoms with van der Waals surface area (Å²) in [6.45, 7) is 3.29. The van der Waals surface area contributed by atoms with Gasteiger partial charge in [-0.15, -0.1) is 0 Å². The zero-order valence-corrected chi connectivity index (χ0v) is 18.4. The molecule has 2 amide bonds. The monoisotopic (exact) mass is 453 g/mol. The molecule has 8 heteroatoms. The predicted molar refractivity (Wildman–Crippen MR) is 124 cm³/mol. The molecule has 0 N–H and O–H groups in total. The van der Waals surface area contributed by atoms with E-state index in [-0.39, 0.29) is 22.4 Å². The average Bonchev–Trinajstić information content (AvgIpc) is 3.31. The molecule has 34 heavy (non-hydrogen) atoms. The van der Waals surface area contributed by atoms with Crippen molar-refractivity contribution >= 4 is 23.6 Å². The second kappa shape index (κ2) is 9.00. The number of furan rings is 1. The number of imide groups is 1. The van der Waals surface area contributed by atoms with E-state index in [1.807, 2.05) is 36.4 Å². The summed E-state index contributed by atoms with van der Waals surface area (Å²) in [6.07, 6.45) is 1.50. The van der Waals surface area contributed by atoms with Crippen molar-refractivity contribution in [3.05, 3.63) is 105 Å². The average molecular weight is 453 g/mol. The van der Waals surface area contributed by atoms with Gasteiger partial charge in [-0.1, -0.05) is 30.3 Å². The smallest absolute Gasteiger partial charge is 0.272 e. The molecule has 0 radical (unpaired) electrons. The van der Waals surface area contributed by atoms with Gasteiger partial charge < -0.3 is 4.42 Å². The molecule has 1 aliphatic rings. The Hall–Kier alpha value is -4.77. The molecule has 4 rings (SSSR count). The first-order valence-electron chi connectivity index (χ1n) is 10.4.